The van der Waals surface area contributed by atoms with Crippen LogP contribution in [0.4, 0.5) is 0 Å². The van der Waals surface area contributed by atoms with Crippen LogP contribution in [0.1, 0.15) is 64.1 Å². The molecule has 2 heteroatoms. The van der Waals surface area contributed by atoms with Crippen LogP contribution in [0.15, 0.2) is 24.3 Å². The molecule has 0 aromatic heterocycles. The van der Waals surface area contributed by atoms with Crippen LogP contribution in [0.2, 0.25) is 0 Å². The Morgan fingerprint density at radius 2 is 1.58 bits per heavy atom. The predicted octanol–water partition coefficient (Wildman–Crippen LogP) is 4.26. The third-order valence-electron chi connectivity index (χ3n) is 3.33. The van der Waals surface area contributed by atoms with Crippen LogP contribution in [-0.4, -0.2) is 13.2 Å². The predicted molar refractivity (Wildman–Crippen MR) is 82.4 cm³/mol. The lowest BCUT2D eigenvalue weighted by Crippen LogP contribution is -2.19. The van der Waals surface area contributed by atoms with Crippen LogP contribution in [0.3, 0.4) is 0 Å². The molecule has 0 saturated carbocycles. The summed E-state index contributed by atoms with van der Waals surface area (Å²) in [6.45, 7) is 12.4. The molecule has 0 aliphatic carbocycles. The molecule has 1 aromatic carbocycles. The summed E-state index contributed by atoms with van der Waals surface area (Å²) < 4.78 is 5.68. The topological polar surface area (TPSA) is 35.2 Å². The van der Waals surface area contributed by atoms with E-state index >= 15 is 0 Å². The Bertz CT molecular complexity index is 362. The van der Waals surface area contributed by atoms with Gasteiger partial charge < -0.3 is 10.5 Å². The minimum atomic E-state index is -0.0267. The zero-order valence-corrected chi connectivity index (χ0v) is 13.1. The van der Waals surface area contributed by atoms with E-state index in [4.69, 9.17) is 10.5 Å². The minimum absolute atomic E-state index is 0.0267. The van der Waals surface area contributed by atoms with Crippen molar-refractivity contribution < 1.29 is 4.74 Å². The average Bonchev–Trinajstić information content (AvgIpc) is 2.33. The van der Waals surface area contributed by atoms with Gasteiger partial charge in [-0.3, -0.25) is 0 Å². The first-order chi connectivity index (χ1) is 8.79. The third kappa shape index (κ3) is 6.22. The lowest BCUT2D eigenvalue weighted by molar-refractivity contribution is 0.0974. The lowest BCUT2D eigenvalue weighted by atomic mass is 9.93. The Kier molecular flexibility index (Phi) is 6.02. The lowest BCUT2D eigenvalue weighted by Gasteiger charge is -2.19. The fraction of sp³-hybridized carbons (Fsp3) is 0.647. The molecule has 0 heterocycles. The van der Waals surface area contributed by atoms with Gasteiger partial charge in [0.15, 0.2) is 0 Å². The van der Waals surface area contributed by atoms with Gasteiger partial charge in [-0.2, -0.15) is 0 Å². The molecule has 0 amide bonds. The highest BCUT2D eigenvalue weighted by Crippen LogP contribution is 2.20. The quantitative estimate of drug-likeness (QED) is 0.778. The standard InChI is InChI=1S/C17H29NO/c1-13(2)14-6-8-15(9-7-14)16(18)12-19-11-10-17(3,4)5/h6-9,13,16H,10-12,18H2,1-5H3. The Morgan fingerprint density at radius 3 is 2.05 bits per heavy atom. The summed E-state index contributed by atoms with van der Waals surface area (Å²) in [5, 5.41) is 0. The number of hydrogen-bond acceptors (Lipinski definition) is 2. The maximum atomic E-state index is 6.15. The molecule has 1 atom stereocenters. The van der Waals surface area contributed by atoms with Crippen LogP contribution in [0.5, 0.6) is 0 Å². The molecule has 108 valence electrons. The normalized spacial score (nSPS) is 13.8. The van der Waals surface area contributed by atoms with Gasteiger partial charge in [-0.25, -0.2) is 0 Å². The fourth-order valence-electron chi connectivity index (χ4n) is 1.81. The van der Waals surface area contributed by atoms with Crippen LogP contribution >= 0.6 is 0 Å². The van der Waals surface area contributed by atoms with E-state index in [1.807, 2.05) is 0 Å². The van der Waals surface area contributed by atoms with Crippen molar-refractivity contribution in [2.24, 2.45) is 11.1 Å². The van der Waals surface area contributed by atoms with Crippen molar-refractivity contribution in [1.29, 1.82) is 0 Å². The van der Waals surface area contributed by atoms with E-state index in [1.165, 1.54) is 5.56 Å². The van der Waals surface area contributed by atoms with E-state index in [0.717, 1.165) is 18.6 Å². The third-order valence-corrected chi connectivity index (χ3v) is 3.33. The van der Waals surface area contributed by atoms with Crippen LogP contribution in [-0.2, 0) is 4.74 Å². The Morgan fingerprint density at radius 1 is 1.05 bits per heavy atom. The second kappa shape index (κ2) is 7.06. The molecule has 0 bridgehead atoms. The second-order valence-corrected chi connectivity index (χ2v) is 6.81. The molecule has 0 aliphatic rings. The Labute approximate surface area is 118 Å². The average molecular weight is 263 g/mol. The van der Waals surface area contributed by atoms with Gasteiger partial charge in [0.2, 0.25) is 0 Å². The maximum Gasteiger partial charge on any atom is 0.0659 e. The highest BCUT2D eigenvalue weighted by molar-refractivity contribution is 5.26. The molecule has 0 aliphatic heterocycles. The first-order valence-corrected chi connectivity index (χ1v) is 7.23. The molecular weight excluding hydrogens is 234 g/mol. The monoisotopic (exact) mass is 263 g/mol. The number of benzene rings is 1. The molecule has 2 N–H and O–H groups in total. The minimum Gasteiger partial charge on any atom is -0.379 e. The number of nitrogens with two attached hydrogens (primary N) is 1. The van der Waals surface area contributed by atoms with E-state index in [0.29, 0.717) is 17.9 Å². The molecule has 2 nitrogen and oxygen atoms in total. The van der Waals surface area contributed by atoms with Crippen molar-refractivity contribution in [3.05, 3.63) is 35.4 Å². The molecule has 0 fully saturated rings. The van der Waals surface area contributed by atoms with Crippen molar-refractivity contribution >= 4 is 0 Å². The summed E-state index contributed by atoms with van der Waals surface area (Å²) in [4.78, 5) is 0. The first kappa shape index (κ1) is 16.2. The molecular formula is C17H29NO. The van der Waals surface area contributed by atoms with E-state index in [9.17, 15) is 0 Å². The van der Waals surface area contributed by atoms with Crippen molar-refractivity contribution in [2.45, 2.75) is 53.0 Å². The molecule has 1 rings (SSSR count). The molecule has 0 saturated heterocycles. The largest absolute Gasteiger partial charge is 0.379 e. The number of ether oxygens (including phenoxy) is 1. The van der Waals surface area contributed by atoms with Gasteiger partial charge in [0, 0.05) is 6.61 Å². The van der Waals surface area contributed by atoms with Gasteiger partial charge in [0.25, 0.3) is 0 Å². The van der Waals surface area contributed by atoms with Gasteiger partial charge in [-0.05, 0) is 28.9 Å². The van der Waals surface area contributed by atoms with Gasteiger partial charge in [-0.1, -0.05) is 58.9 Å². The summed E-state index contributed by atoms with van der Waals surface area (Å²) in [5.41, 5.74) is 8.97. The molecule has 0 spiro atoms. The van der Waals surface area contributed by atoms with Gasteiger partial charge in [0.05, 0.1) is 12.6 Å². The maximum absolute atomic E-state index is 6.15. The van der Waals surface area contributed by atoms with E-state index in [-0.39, 0.29) is 6.04 Å². The van der Waals surface area contributed by atoms with E-state index in [2.05, 4.69) is 58.9 Å². The van der Waals surface area contributed by atoms with Crippen LogP contribution in [0, 0.1) is 5.41 Å². The van der Waals surface area contributed by atoms with Crippen molar-refractivity contribution in [2.75, 3.05) is 13.2 Å². The summed E-state index contributed by atoms with van der Waals surface area (Å²) in [5.74, 6) is 0.563. The van der Waals surface area contributed by atoms with Crippen molar-refractivity contribution in [3.8, 4) is 0 Å². The molecule has 0 radical (unpaired) electrons. The van der Waals surface area contributed by atoms with Gasteiger partial charge in [-0.15, -0.1) is 0 Å². The van der Waals surface area contributed by atoms with Crippen molar-refractivity contribution in [3.63, 3.8) is 0 Å². The first-order valence-electron chi connectivity index (χ1n) is 7.23. The van der Waals surface area contributed by atoms with E-state index < -0.39 is 0 Å². The SMILES string of the molecule is CC(C)c1ccc(C(N)COCCC(C)(C)C)cc1. The summed E-state index contributed by atoms with van der Waals surface area (Å²) in [7, 11) is 0. The molecule has 1 unspecified atom stereocenters. The Balaban J connectivity index is 2.39. The number of hydrogen-bond donors (Lipinski definition) is 1. The summed E-state index contributed by atoms with van der Waals surface area (Å²) in [6.07, 6.45) is 1.06. The van der Waals surface area contributed by atoms with Crippen molar-refractivity contribution in [1.82, 2.24) is 0 Å². The zero-order valence-electron chi connectivity index (χ0n) is 13.1. The Hall–Kier alpha value is -0.860. The number of rotatable bonds is 6. The molecule has 1 aromatic rings. The van der Waals surface area contributed by atoms with E-state index in [1.54, 1.807) is 0 Å². The zero-order chi connectivity index (χ0) is 14.5. The second-order valence-electron chi connectivity index (χ2n) is 6.81. The van der Waals surface area contributed by atoms with Gasteiger partial charge >= 0.3 is 0 Å². The smallest absolute Gasteiger partial charge is 0.0659 e. The highest BCUT2D eigenvalue weighted by atomic mass is 16.5. The fourth-order valence-corrected chi connectivity index (χ4v) is 1.81. The van der Waals surface area contributed by atoms with Crippen LogP contribution < -0.4 is 5.73 Å². The molecule has 19 heavy (non-hydrogen) atoms. The summed E-state index contributed by atoms with van der Waals surface area (Å²) >= 11 is 0. The van der Waals surface area contributed by atoms with Crippen LogP contribution in [0.25, 0.3) is 0 Å². The highest BCUT2D eigenvalue weighted by Gasteiger charge is 2.11. The van der Waals surface area contributed by atoms with Gasteiger partial charge in [0.1, 0.15) is 0 Å². The summed E-state index contributed by atoms with van der Waals surface area (Å²) in [6, 6.07) is 8.53.